The van der Waals surface area contributed by atoms with Gasteiger partial charge < -0.3 is 0 Å². The van der Waals surface area contributed by atoms with Gasteiger partial charge in [-0.25, -0.2) is 0 Å². The molecule has 0 saturated heterocycles. The van der Waals surface area contributed by atoms with Crippen molar-refractivity contribution in [2.75, 3.05) is 0 Å². The maximum Gasteiger partial charge on any atom is 0.269 e. The average Bonchev–Trinajstić information content (AvgIpc) is 3.00. The Morgan fingerprint density at radius 1 is 1.07 bits per heavy atom. The van der Waals surface area contributed by atoms with Crippen molar-refractivity contribution in [2.24, 2.45) is 0 Å². The molecule has 3 aromatic rings. The molecule has 0 amide bonds. The van der Waals surface area contributed by atoms with Crippen molar-refractivity contribution < 1.29 is 0 Å². The lowest BCUT2D eigenvalue weighted by atomic mass is 10.0. The number of hydrogen-bond donors (Lipinski definition) is 0. The van der Waals surface area contributed by atoms with Crippen LogP contribution in [-0.4, -0.2) is 4.57 Å². The monoisotopic (exact) mass is 385 g/mol. The highest BCUT2D eigenvalue weighted by molar-refractivity contribution is 7.07. The minimum Gasteiger partial charge on any atom is -0.293 e. The summed E-state index contributed by atoms with van der Waals surface area (Å²) in [5.74, 6) is 0.439. The van der Waals surface area contributed by atoms with Gasteiger partial charge in [0.1, 0.15) is 16.8 Å². The van der Waals surface area contributed by atoms with Gasteiger partial charge in [-0.05, 0) is 28.7 Å². The second-order valence-electron chi connectivity index (χ2n) is 6.71. The first-order valence-electron chi connectivity index (χ1n) is 8.93. The molecule has 0 N–H and O–H groups in total. The molecule has 28 heavy (non-hydrogen) atoms. The SMILES string of the molecule is CC(C)c1ccc(/C=c2/sc(=C(C#N)C#N)n(Cc3ccccc3)c2=O)cc1. The fourth-order valence-corrected chi connectivity index (χ4v) is 3.92. The molecule has 4 nitrogen and oxygen atoms in total. The van der Waals surface area contributed by atoms with Crippen molar-refractivity contribution in [3.63, 3.8) is 0 Å². The molecule has 0 fully saturated rings. The van der Waals surface area contributed by atoms with Crippen molar-refractivity contribution in [3.8, 4) is 12.1 Å². The van der Waals surface area contributed by atoms with Gasteiger partial charge in [0.25, 0.3) is 5.56 Å². The topological polar surface area (TPSA) is 69.6 Å². The predicted molar refractivity (Wildman–Crippen MR) is 112 cm³/mol. The summed E-state index contributed by atoms with van der Waals surface area (Å²) in [7, 11) is 0. The Kier molecular flexibility index (Phi) is 5.89. The molecule has 0 spiro atoms. The van der Waals surface area contributed by atoms with Crippen LogP contribution in [0, 0.1) is 22.7 Å². The quantitative estimate of drug-likeness (QED) is 0.693. The van der Waals surface area contributed by atoms with Gasteiger partial charge in [-0.1, -0.05) is 68.4 Å². The van der Waals surface area contributed by atoms with E-state index in [4.69, 9.17) is 0 Å². The highest BCUT2D eigenvalue weighted by atomic mass is 32.1. The Bertz CT molecular complexity index is 1220. The second-order valence-corrected chi connectivity index (χ2v) is 7.74. The molecule has 3 rings (SSSR count). The predicted octanol–water partition coefficient (Wildman–Crippen LogP) is 3.11. The molecule has 1 heterocycles. The van der Waals surface area contributed by atoms with Crippen molar-refractivity contribution in [1.29, 1.82) is 10.5 Å². The van der Waals surface area contributed by atoms with Gasteiger partial charge in [0, 0.05) is 0 Å². The second kappa shape index (κ2) is 8.52. The van der Waals surface area contributed by atoms with Gasteiger partial charge in [-0.15, -0.1) is 11.3 Å². The lowest BCUT2D eigenvalue weighted by Crippen LogP contribution is -2.32. The van der Waals surface area contributed by atoms with Crippen LogP contribution in [0.2, 0.25) is 0 Å². The summed E-state index contributed by atoms with van der Waals surface area (Å²) >= 11 is 1.18. The Morgan fingerprint density at radius 3 is 2.29 bits per heavy atom. The van der Waals surface area contributed by atoms with Crippen LogP contribution in [0.25, 0.3) is 11.6 Å². The minimum atomic E-state index is -0.195. The standard InChI is InChI=1S/C23H19N3OS/c1-16(2)19-10-8-17(9-11-19)12-21-22(27)26(15-18-6-4-3-5-7-18)23(28-21)20(13-24)14-25/h3-12,16H,15H2,1-2H3/b21-12+. The van der Waals surface area contributed by atoms with Crippen LogP contribution < -0.4 is 14.8 Å². The number of benzene rings is 2. The van der Waals surface area contributed by atoms with Crippen molar-refractivity contribution in [1.82, 2.24) is 4.57 Å². The maximum atomic E-state index is 13.0. The van der Waals surface area contributed by atoms with Crippen LogP contribution in [0.3, 0.4) is 0 Å². The first-order chi connectivity index (χ1) is 13.5. The fraction of sp³-hybridized carbons (Fsp3) is 0.174. The molecule has 0 aliphatic heterocycles. The molecule has 1 aromatic heterocycles. The van der Waals surface area contributed by atoms with E-state index >= 15 is 0 Å². The molecule has 138 valence electrons. The van der Waals surface area contributed by atoms with E-state index in [1.807, 2.05) is 60.7 Å². The van der Waals surface area contributed by atoms with Gasteiger partial charge in [0.2, 0.25) is 0 Å². The molecular weight excluding hydrogens is 366 g/mol. The molecule has 0 atom stereocenters. The maximum absolute atomic E-state index is 13.0. The van der Waals surface area contributed by atoms with Crippen LogP contribution >= 0.6 is 11.3 Å². The zero-order valence-electron chi connectivity index (χ0n) is 15.7. The molecule has 5 heteroatoms. The highest BCUT2D eigenvalue weighted by Crippen LogP contribution is 2.14. The first kappa shape index (κ1) is 19.4. The van der Waals surface area contributed by atoms with Gasteiger partial charge in [0.05, 0.1) is 11.1 Å². The van der Waals surface area contributed by atoms with E-state index in [0.717, 1.165) is 11.1 Å². The summed E-state index contributed by atoms with van der Waals surface area (Å²) < 4.78 is 2.41. The number of thiazole rings is 1. The van der Waals surface area contributed by atoms with E-state index in [1.54, 1.807) is 0 Å². The molecular formula is C23H19N3OS. The zero-order chi connectivity index (χ0) is 20.1. The Hall–Kier alpha value is -3.41. The van der Waals surface area contributed by atoms with Gasteiger partial charge in [-0.3, -0.25) is 9.36 Å². The number of aromatic nitrogens is 1. The molecule has 0 aliphatic rings. The third-order valence-electron chi connectivity index (χ3n) is 4.43. The molecule has 2 aromatic carbocycles. The summed E-state index contributed by atoms with van der Waals surface area (Å²) in [6, 6.07) is 21.4. The van der Waals surface area contributed by atoms with Crippen molar-refractivity contribution in [2.45, 2.75) is 26.3 Å². The van der Waals surface area contributed by atoms with E-state index in [2.05, 4.69) is 26.0 Å². The van der Waals surface area contributed by atoms with Gasteiger partial charge in [-0.2, -0.15) is 10.5 Å². The summed E-state index contributed by atoms with van der Waals surface area (Å²) in [6.07, 6.45) is 1.81. The molecule has 0 unspecified atom stereocenters. The van der Waals surface area contributed by atoms with E-state index in [1.165, 1.54) is 21.5 Å². The van der Waals surface area contributed by atoms with Crippen LogP contribution in [-0.2, 0) is 6.54 Å². The summed E-state index contributed by atoms with van der Waals surface area (Å²) in [5, 5.41) is 18.6. The Morgan fingerprint density at radius 2 is 1.71 bits per heavy atom. The van der Waals surface area contributed by atoms with E-state index in [0.29, 0.717) is 21.7 Å². The largest absolute Gasteiger partial charge is 0.293 e. The summed E-state index contributed by atoms with van der Waals surface area (Å²) in [6.45, 7) is 4.58. The van der Waals surface area contributed by atoms with Crippen LogP contribution in [0.15, 0.2) is 59.4 Å². The lowest BCUT2D eigenvalue weighted by Gasteiger charge is -2.04. The highest BCUT2D eigenvalue weighted by Gasteiger charge is 2.10. The van der Waals surface area contributed by atoms with E-state index in [9.17, 15) is 15.3 Å². The molecule has 0 radical (unpaired) electrons. The van der Waals surface area contributed by atoms with E-state index < -0.39 is 0 Å². The Balaban J connectivity index is 2.18. The normalized spacial score (nSPS) is 11.2. The number of nitrogens with zero attached hydrogens (tertiary/aromatic N) is 3. The fourth-order valence-electron chi connectivity index (χ4n) is 2.86. The van der Waals surface area contributed by atoms with Crippen LogP contribution in [0.1, 0.15) is 36.5 Å². The van der Waals surface area contributed by atoms with Crippen molar-refractivity contribution in [3.05, 3.63) is 90.8 Å². The minimum absolute atomic E-state index is 0.0483. The van der Waals surface area contributed by atoms with Crippen LogP contribution in [0.4, 0.5) is 0 Å². The number of hydrogen-bond acceptors (Lipinski definition) is 4. The molecule has 0 saturated carbocycles. The third kappa shape index (κ3) is 4.11. The molecule has 0 aliphatic carbocycles. The smallest absolute Gasteiger partial charge is 0.269 e. The summed E-state index contributed by atoms with van der Waals surface area (Å²) in [5.41, 5.74) is 2.84. The van der Waals surface area contributed by atoms with E-state index in [-0.39, 0.29) is 11.1 Å². The third-order valence-corrected chi connectivity index (χ3v) is 5.56. The van der Waals surface area contributed by atoms with Crippen LogP contribution in [0.5, 0.6) is 0 Å². The van der Waals surface area contributed by atoms with Gasteiger partial charge >= 0.3 is 0 Å². The number of rotatable bonds is 4. The zero-order valence-corrected chi connectivity index (χ0v) is 16.5. The van der Waals surface area contributed by atoms with Gasteiger partial charge in [0.15, 0.2) is 5.57 Å². The summed E-state index contributed by atoms with van der Waals surface area (Å²) in [4.78, 5) is 13.0. The molecule has 0 bridgehead atoms. The number of nitriles is 2. The first-order valence-corrected chi connectivity index (χ1v) is 9.75. The lowest BCUT2D eigenvalue weighted by molar-refractivity contribution is 0.754. The average molecular weight is 385 g/mol. The Labute approximate surface area is 167 Å². The van der Waals surface area contributed by atoms with Crippen molar-refractivity contribution >= 4 is 23.0 Å².